The fourth-order valence-corrected chi connectivity index (χ4v) is 4.49. The maximum absolute atomic E-state index is 13.5. The molecule has 0 aliphatic heterocycles. The van der Waals surface area contributed by atoms with E-state index >= 15 is 0 Å². The number of anilines is 1. The normalized spacial score (nSPS) is 11.4. The van der Waals surface area contributed by atoms with Crippen molar-refractivity contribution in [3.63, 3.8) is 0 Å². The molecule has 0 fully saturated rings. The Bertz CT molecular complexity index is 1340. The van der Waals surface area contributed by atoms with E-state index in [0.29, 0.717) is 26.7 Å². The molecule has 160 valence electrons. The highest BCUT2D eigenvalue weighted by Crippen LogP contribution is 2.43. The van der Waals surface area contributed by atoms with Crippen molar-refractivity contribution in [2.75, 3.05) is 5.32 Å². The average Bonchev–Trinajstić information content (AvgIpc) is 3.39. The number of thiophene rings is 1. The van der Waals surface area contributed by atoms with Crippen molar-refractivity contribution in [3.05, 3.63) is 44.9 Å². The predicted molar refractivity (Wildman–Crippen MR) is 114 cm³/mol. The molecule has 13 heteroatoms. The fraction of sp³-hybridized carbons (Fsp3) is 0.167. The lowest BCUT2D eigenvalue weighted by molar-refractivity contribution is 0.100. The summed E-state index contributed by atoms with van der Waals surface area (Å²) < 4.78 is 29.1. The second kappa shape index (κ2) is 7.81. The number of hydrogen-bond acceptors (Lipinski definition) is 6. The molecule has 31 heavy (non-hydrogen) atoms. The van der Waals surface area contributed by atoms with Crippen LogP contribution in [0.3, 0.4) is 0 Å². The summed E-state index contributed by atoms with van der Waals surface area (Å²) in [5.74, 6) is -1.42. The van der Waals surface area contributed by atoms with Crippen molar-refractivity contribution < 1.29 is 18.4 Å². The van der Waals surface area contributed by atoms with Crippen LogP contribution in [0.5, 0.6) is 0 Å². The Labute approximate surface area is 185 Å². The number of alkyl halides is 2. The van der Waals surface area contributed by atoms with Gasteiger partial charge >= 0.3 is 0 Å². The molecule has 4 heterocycles. The van der Waals surface area contributed by atoms with Crippen molar-refractivity contribution in [1.82, 2.24) is 25.0 Å². The largest absolute Gasteiger partial charge is 0.365 e. The average molecular weight is 510 g/mol. The van der Waals surface area contributed by atoms with Crippen LogP contribution >= 0.6 is 27.3 Å². The van der Waals surface area contributed by atoms with E-state index in [1.807, 2.05) is 0 Å². The lowest BCUT2D eigenvalue weighted by atomic mass is 10.0. The van der Waals surface area contributed by atoms with Gasteiger partial charge in [-0.25, -0.2) is 13.8 Å². The quantitative estimate of drug-likeness (QED) is 0.376. The molecule has 0 radical (unpaired) electrons. The second-order valence-corrected chi connectivity index (χ2v) is 8.41. The van der Waals surface area contributed by atoms with Crippen molar-refractivity contribution in [2.45, 2.75) is 13.3 Å². The first-order valence-corrected chi connectivity index (χ1v) is 10.3. The Morgan fingerprint density at radius 3 is 2.61 bits per heavy atom. The number of amides is 2. The summed E-state index contributed by atoms with van der Waals surface area (Å²) in [7, 11) is 1.71. The topological polar surface area (TPSA) is 132 Å². The van der Waals surface area contributed by atoms with Gasteiger partial charge in [0.1, 0.15) is 21.1 Å². The molecule has 9 nitrogen and oxygen atoms in total. The zero-order valence-corrected chi connectivity index (χ0v) is 18.4. The minimum atomic E-state index is -2.83. The third kappa shape index (κ3) is 3.59. The molecule has 4 rings (SSSR count). The number of aromatic nitrogens is 5. The van der Waals surface area contributed by atoms with Crippen LogP contribution in [0.2, 0.25) is 0 Å². The van der Waals surface area contributed by atoms with Crippen molar-refractivity contribution in [1.29, 1.82) is 0 Å². The van der Waals surface area contributed by atoms with Gasteiger partial charge in [-0.15, -0.1) is 11.3 Å². The molecule has 4 N–H and O–H groups in total. The molecular formula is C18H14BrF2N7O2S. The lowest BCUT2D eigenvalue weighted by Gasteiger charge is -2.10. The minimum Gasteiger partial charge on any atom is -0.365 e. The molecule has 0 aliphatic rings. The van der Waals surface area contributed by atoms with Gasteiger partial charge in [-0.05, 0) is 34.5 Å². The summed E-state index contributed by atoms with van der Waals surface area (Å²) in [4.78, 5) is 29.0. The van der Waals surface area contributed by atoms with Crippen LogP contribution in [0.1, 0.15) is 38.0 Å². The first kappa shape index (κ1) is 21.1. The summed E-state index contributed by atoms with van der Waals surface area (Å²) in [6, 6.07) is 1.23. The van der Waals surface area contributed by atoms with Crippen molar-refractivity contribution in [2.24, 2.45) is 12.8 Å². The van der Waals surface area contributed by atoms with Gasteiger partial charge in [0, 0.05) is 23.7 Å². The van der Waals surface area contributed by atoms with Crippen LogP contribution in [0.25, 0.3) is 21.3 Å². The molecule has 0 saturated carbocycles. The highest BCUT2D eigenvalue weighted by molar-refractivity contribution is 9.10. The Kier molecular flexibility index (Phi) is 5.31. The Balaban J connectivity index is 2.01. The smallest absolute Gasteiger partial charge is 0.280 e. The summed E-state index contributed by atoms with van der Waals surface area (Å²) in [5, 5.41) is 13.5. The number of hydrogen-bond donors (Lipinski definition) is 3. The third-order valence-electron chi connectivity index (χ3n) is 4.71. The summed E-state index contributed by atoms with van der Waals surface area (Å²) >= 11 is 4.04. The number of nitrogens with two attached hydrogens (primary N) is 1. The number of pyridine rings is 1. The number of carbonyl (C=O) groups is 2. The molecule has 4 aromatic heterocycles. The van der Waals surface area contributed by atoms with Gasteiger partial charge in [-0.3, -0.25) is 19.4 Å². The van der Waals surface area contributed by atoms with Crippen molar-refractivity contribution in [3.8, 4) is 11.1 Å². The van der Waals surface area contributed by atoms with Crippen LogP contribution in [0.15, 0.2) is 22.9 Å². The highest BCUT2D eigenvalue weighted by Gasteiger charge is 2.27. The van der Waals surface area contributed by atoms with E-state index in [4.69, 9.17) is 5.73 Å². The zero-order valence-electron chi connectivity index (χ0n) is 16.0. The number of H-pyrrole nitrogens is 1. The van der Waals surface area contributed by atoms with Gasteiger partial charge in [0.25, 0.3) is 18.2 Å². The standard InChI is InChI=1S/C18H14BrF2N7O2S/c1-6-8(4-24-28(6)2)7-3-10(15(20)21)25-18-11(7)13(14(31-18)16(22)29)26-17(30)12-9(19)5-23-27-12/h3-5,15H,1-2H3,(H2,22,29)(H,23,27)(H,26,30). The van der Waals surface area contributed by atoms with Gasteiger partial charge in [-0.1, -0.05) is 0 Å². The Morgan fingerprint density at radius 2 is 2.06 bits per heavy atom. The first-order valence-electron chi connectivity index (χ1n) is 8.73. The van der Waals surface area contributed by atoms with E-state index in [9.17, 15) is 18.4 Å². The minimum absolute atomic E-state index is 0.0132. The van der Waals surface area contributed by atoms with Gasteiger partial charge in [-0.2, -0.15) is 10.2 Å². The van der Waals surface area contributed by atoms with Crippen molar-refractivity contribution >= 4 is 55.0 Å². The maximum Gasteiger partial charge on any atom is 0.280 e. The lowest BCUT2D eigenvalue weighted by Crippen LogP contribution is -2.17. The van der Waals surface area contributed by atoms with E-state index in [0.717, 1.165) is 11.3 Å². The maximum atomic E-state index is 13.5. The first-order chi connectivity index (χ1) is 14.7. The SMILES string of the molecule is Cc1c(-c2cc(C(F)F)nc3sc(C(N)=O)c(NC(=O)c4[nH]ncc4Br)c23)cnn1C. The van der Waals surface area contributed by atoms with Crippen LogP contribution < -0.4 is 11.1 Å². The molecule has 0 unspecified atom stereocenters. The van der Waals surface area contributed by atoms with Gasteiger partial charge in [0.05, 0.1) is 22.6 Å². The molecule has 0 aromatic carbocycles. The Morgan fingerprint density at radius 1 is 1.32 bits per heavy atom. The van der Waals surface area contributed by atoms with E-state index < -0.39 is 23.9 Å². The molecule has 2 amide bonds. The fourth-order valence-electron chi connectivity index (χ4n) is 3.10. The van der Waals surface area contributed by atoms with Gasteiger partial charge in [0.15, 0.2) is 0 Å². The Hall–Kier alpha value is -3.19. The molecule has 0 aliphatic carbocycles. The third-order valence-corrected chi connectivity index (χ3v) is 6.41. The summed E-state index contributed by atoms with van der Waals surface area (Å²) in [5.41, 5.74) is 6.88. The zero-order chi connectivity index (χ0) is 22.4. The van der Waals surface area contributed by atoms with Gasteiger partial charge in [0.2, 0.25) is 0 Å². The molecule has 0 bridgehead atoms. The molecule has 0 spiro atoms. The number of primary amides is 1. The van der Waals surface area contributed by atoms with E-state index in [1.54, 1.807) is 18.7 Å². The second-order valence-electron chi connectivity index (χ2n) is 6.56. The molecular weight excluding hydrogens is 496 g/mol. The van der Waals surface area contributed by atoms with Crippen LogP contribution in [-0.4, -0.2) is 36.8 Å². The summed E-state index contributed by atoms with van der Waals surface area (Å²) in [6.45, 7) is 1.78. The number of rotatable bonds is 5. The number of nitrogens with zero attached hydrogens (tertiary/aromatic N) is 4. The van der Waals surface area contributed by atoms with E-state index in [-0.39, 0.29) is 21.1 Å². The van der Waals surface area contributed by atoms with Crippen LogP contribution in [0.4, 0.5) is 14.5 Å². The van der Waals surface area contributed by atoms with Gasteiger partial charge < -0.3 is 11.1 Å². The number of halogens is 3. The molecule has 0 saturated heterocycles. The van der Waals surface area contributed by atoms with E-state index in [1.165, 1.54) is 18.5 Å². The number of fused-ring (bicyclic) bond motifs is 1. The van der Waals surface area contributed by atoms with Crippen LogP contribution in [-0.2, 0) is 7.05 Å². The predicted octanol–water partition coefficient (Wildman–Crippen LogP) is 3.78. The highest BCUT2D eigenvalue weighted by atomic mass is 79.9. The number of aromatic amines is 1. The molecule has 4 aromatic rings. The van der Waals surface area contributed by atoms with Crippen LogP contribution in [0, 0.1) is 6.92 Å². The number of nitrogens with one attached hydrogen (secondary N) is 2. The number of carbonyl (C=O) groups excluding carboxylic acids is 2. The summed E-state index contributed by atoms with van der Waals surface area (Å²) in [6.07, 6.45) is 0.0902. The monoisotopic (exact) mass is 509 g/mol. The van der Waals surface area contributed by atoms with E-state index in [2.05, 4.69) is 41.5 Å². The number of aryl methyl sites for hydroxylation is 1. The molecule has 0 atom stereocenters.